The summed E-state index contributed by atoms with van der Waals surface area (Å²) in [7, 11) is 2.02. The van der Waals surface area contributed by atoms with Crippen LogP contribution >= 0.6 is 15.9 Å². The highest BCUT2D eigenvalue weighted by Crippen LogP contribution is 2.33. The summed E-state index contributed by atoms with van der Waals surface area (Å²) >= 11 is 3.68. The van der Waals surface area contributed by atoms with E-state index in [-0.39, 0.29) is 5.41 Å². The zero-order chi connectivity index (χ0) is 13.1. The molecule has 2 N–H and O–H groups in total. The van der Waals surface area contributed by atoms with Crippen LogP contribution in [0, 0.1) is 5.41 Å². The van der Waals surface area contributed by atoms with Crippen LogP contribution in [0.15, 0.2) is 4.47 Å². The van der Waals surface area contributed by atoms with E-state index in [1.54, 1.807) is 0 Å². The van der Waals surface area contributed by atoms with Gasteiger partial charge in [-0.3, -0.25) is 4.68 Å². The maximum atomic E-state index is 5.97. The molecule has 0 fully saturated rings. The first-order chi connectivity index (χ1) is 8.03. The van der Waals surface area contributed by atoms with E-state index in [2.05, 4.69) is 41.8 Å². The molecule has 0 saturated carbocycles. The Kier molecular flexibility index (Phi) is 5.20. The van der Waals surface area contributed by atoms with E-state index in [9.17, 15) is 0 Å². The minimum absolute atomic E-state index is 0.210. The van der Waals surface area contributed by atoms with Gasteiger partial charge in [0.05, 0.1) is 15.9 Å². The standard InChI is InChI=1S/C13H24BrN3/c1-5-10-12(14)11(17(4)16-10)8-13(6-2,7-3)9-15/h5-9,15H2,1-4H3. The summed E-state index contributed by atoms with van der Waals surface area (Å²) in [6.45, 7) is 7.31. The molecule has 0 atom stereocenters. The second-order valence-electron chi connectivity index (χ2n) is 4.77. The smallest absolute Gasteiger partial charge is 0.0766 e. The molecule has 0 unspecified atom stereocenters. The molecule has 0 aliphatic rings. The van der Waals surface area contributed by atoms with Crippen LogP contribution in [-0.2, 0) is 19.9 Å². The van der Waals surface area contributed by atoms with Gasteiger partial charge in [-0.2, -0.15) is 5.10 Å². The summed E-state index contributed by atoms with van der Waals surface area (Å²) in [6, 6.07) is 0. The number of nitrogens with zero attached hydrogens (tertiary/aromatic N) is 2. The van der Waals surface area contributed by atoms with Crippen LogP contribution in [0.5, 0.6) is 0 Å². The molecule has 1 heterocycles. The van der Waals surface area contributed by atoms with Crippen LogP contribution in [0.25, 0.3) is 0 Å². The second-order valence-corrected chi connectivity index (χ2v) is 5.57. The van der Waals surface area contributed by atoms with Gasteiger partial charge in [-0.25, -0.2) is 0 Å². The average molecular weight is 302 g/mol. The molecule has 0 radical (unpaired) electrons. The Morgan fingerprint density at radius 1 is 1.29 bits per heavy atom. The quantitative estimate of drug-likeness (QED) is 0.877. The molecule has 1 rings (SSSR count). The highest BCUT2D eigenvalue weighted by molar-refractivity contribution is 9.10. The van der Waals surface area contributed by atoms with Crippen molar-refractivity contribution >= 4 is 15.9 Å². The highest BCUT2D eigenvalue weighted by Gasteiger charge is 2.28. The molecule has 3 nitrogen and oxygen atoms in total. The lowest BCUT2D eigenvalue weighted by atomic mass is 9.78. The van der Waals surface area contributed by atoms with E-state index in [0.29, 0.717) is 0 Å². The molecule has 0 aromatic carbocycles. The van der Waals surface area contributed by atoms with E-state index in [0.717, 1.165) is 37.9 Å². The summed E-state index contributed by atoms with van der Waals surface area (Å²) < 4.78 is 3.17. The lowest BCUT2D eigenvalue weighted by Gasteiger charge is -2.30. The van der Waals surface area contributed by atoms with E-state index in [1.807, 2.05) is 11.7 Å². The maximum absolute atomic E-state index is 5.97. The Hall–Kier alpha value is -0.350. The topological polar surface area (TPSA) is 43.8 Å². The van der Waals surface area contributed by atoms with Crippen LogP contribution < -0.4 is 5.73 Å². The summed E-state index contributed by atoms with van der Waals surface area (Å²) in [5.41, 5.74) is 8.59. The van der Waals surface area contributed by atoms with Gasteiger partial charge in [0.1, 0.15) is 0 Å². The predicted molar refractivity (Wildman–Crippen MR) is 76.1 cm³/mol. The van der Waals surface area contributed by atoms with Crippen LogP contribution in [0.2, 0.25) is 0 Å². The molecule has 0 amide bonds. The third-order valence-electron chi connectivity index (χ3n) is 3.98. The first-order valence-electron chi connectivity index (χ1n) is 6.43. The van der Waals surface area contributed by atoms with Crippen molar-refractivity contribution in [2.24, 2.45) is 18.2 Å². The summed E-state index contributed by atoms with van der Waals surface area (Å²) in [6.07, 6.45) is 4.18. The molecular formula is C13H24BrN3. The average Bonchev–Trinajstić information content (AvgIpc) is 2.62. The lowest BCUT2D eigenvalue weighted by molar-refractivity contribution is 0.264. The monoisotopic (exact) mass is 301 g/mol. The van der Waals surface area contributed by atoms with Crippen molar-refractivity contribution in [3.63, 3.8) is 0 Å². The number of hydrogen-bond donors (Lipinski definition) is 1. The van der Waals surface area contributed by atoms with Gasteiger partial charge in [-0.05, 0) is 53.6 Å². The number of halogens is 1. The van der Waals surface area contributed by atoms with Gasteiger partial charge < -0.3 is 5.73 Å². The summed E-state index contributed by atoms with van der Waals surface area (Å²) in [5.74, 6) is 0. The fourth-order valence-electron chi connectivity index (χ4n) is 2.23. The zero-order valence-corrected chi connectivity index (χ0v) is 13.0. The van der Waals surface area contributed by atoms with Gasteiger partial charge in [-0.15, -0.1) is 0 Å². The highest BCUT2D eigenvalue weighted by atomic mass is 79.9. The van der Waals surface area contributed by atoms with Crippen molar-refractivity contribution in [2.75, 3.05) is 6.54 Å². The molecule has 1 aromatic rings. The fraction of sp³-hybridized carbons (Fsp3) is 0.769. The van der Waals surface area contributed by atoms with Gasteiger partial charge in [0.2, 0.25) is 0 Å². The van der Waals surface area contributed by atoms with Crippen molar-refractivity contribution in [1.29, 1.82) is 0 Å². The minimum Gasteiger partial charge on any atom is -0.330 e. The molecule has 98 valence electrons. The first-order valence-corrected chi connectivity index (χ1v) is 7.23. The molecule has 0 spiro atoms. The molecule has 17 heavy (non-hydrogen) atoms. The predicted octanol–water partition coefficient (Wildman–Crippen LogP) is 3.05. The molecule has 0 bridgehead atoms. The first kappa shape index (κ1) is 14.7. The lowest BCUT2D eigenvalue weighted by Crippen LogP contribution is -2.32. The Morgan fingerprint density at radius 3 is 2.24 bits per heavy atom. The summed E-state index contributed by atoms with van der Waals surface area (Å²) in [4.78, 5) is 0. The zero-order valence-electron chi connectivity index (χ0n) is 11.4. The van der Waals surface area contributed by atoms with Gasteiger partial charge in [0.15, 0.2) is 0 Å². The number of rotatable bonds is 6. The minimum atomic E-state index is 0.210. The Balaban J connectivity index is 3.05. The molecule has 1 aromatic heterocycles. The van der Waals surface area contributed by atoms with Crippen molar-refractivity contribution in [2.45, 2.75) is 46.5 Å². The van der Waals surface area contributed by atoms with Gasteiger partial charge >= 0.3 is 0 Å². The molecule has 4 heteroatoms. The van der Waals surface area contributed by atoms with E-state index in [4.69, 9.17) is 5.73 Å². The number of nitrogens with two attached hydrogens (primary N) is 1. The molecule has 0 aliphatic carbocycles. The third kappa shape index (κ3) is 2.91. The SMILES string of the molecule is CCc1nn(C)c(CC(CC)(CC)CN)c1Br. The van der Waals surface area contributed by atoms with Crippen LogP contribution in [-0.4, -0.2) is 16.3 Å². The van der Waals surface area contributed by atoms with Crippen molar-refractivity contribution in [1.82, 2.24) is 9.78 Å². The van der Waals surface area contributed by atoms with Crippen LogP contribution in [0.4, 0.5) is 0 Å². The van der Waals surface area contributed by atoms with E-state index in [1.165, 1.54) is 10.2 Å². The van der Waals surface area contributed by atoms with Crippen LogP contribution in [0.3, 0.4) is 0 Å². The number of hydrogen-bond acceptors (Lipinski definition) is 2. The molecular weight excluding hydrogens is 278 g/mol. The summed E-state index contributed by atoms with van der Waals surface area (Å²) in [5, 5.41) is 4.54. The Morgan fingerprint density at radius 2 is 1.88 bits per heavy atom. The third-order valence-corrected chi connectivity index (χ3v) is 4.89. The van der Waals surface area contributed by atoms with Gasteiger partial charge in [0, 0.05) is 7.05 Å². The maximum Gasteiger partial charge on any atom is 0.0766 e. The fourth-order valence-corrected chi connectivity index (χ4v) is 2.98. The van der Waals surface area contributed by atoms with Gasteiger partial charge in [-0.1, -0.05) is 20.8 Å². The van der Waals surface area contributed by atoms with Crippen molar-refractivity contribution in [3.05, 3.63) is 15.9 Å². The normalized spacial score (nSPS) is 12.1. The Bertz CT molecular complexity index is 359. The number of aryl methyl sites for hydroxylation is 2. The van der Waals surface area contributed by atoms with Crippen molar-refractivity contribution < 1.29 is 0 Å². The molecule has 0 aliphatic heterocycles. The van der Waals surface area contributed by atoms with E-state index < -0.39 is 0 Å². The molecule has 0 saturated heterocycles. The Labute approximate surface area is 113 Å². The van der Waals surface area contributed by atoms with Gasteiger partial charge in [0.25, 0.3) is 0 Å². The largest absolute Gasteiger partial charge is 0.330 e. The number of aromatic nitrogens is 2. The van der Waals surface area contributed by atoms with Crippen LogP contribution in [0.1, 0.15) is 45.0 Å². The van der Waals surface area contributed by atoms with Crippen molar-refractivity contribution in [3.8, 4) is 0 Å². The van der Waals surface area contributed by atoms with E-state index >= 15 is 0 Å². The second kappa shape index (κ2) is 6.01.